The zero-order valence-corrected chi connectivity index (χ0v) is 28.6. The molecule has 5 heterocycles. The van der Waals surface area contributed by atoms with Crippen LogP contribution in [0.15, 0.2) is 30.3 Å². The number of hydrogen-bond donors (Lipinski definition) is 2. The highest BCUT2D eigenvalue weighted by Crippen LogP contribution is 2.32. The second-order valence-electron chi connectivity index (χ2n) is 13.8. The number of aliphatic hydroxyl groups is 1. The monoisotopic (exact) mass is 661 g/mol. The number of aromatic nitrogens is 3. The molecule has 3 aliphatic rings. The van der Waals surface area contributed by atoms with Gasteiger partial charge in [-0.1, -0.05) is 0 Å². The predicted octanol–water partition coefficient (Wildman–Crippen LogP) is 4.22. The number of pyridine rings is 1. The number of morpholine rings is 1. The first-order valence-corrected chi connectivity index (χ1v) is 16.9. The van der Waals surface area contributed by atoms with Crippen LogP contribution < -0.4 is 15.0 Å². The molecule has 3 aromatic rings. The summed E-state index contributed by atoms with van der Waals surface area (Å²) in [6, 6.07) is 9.31. The number of piperidine rings is 1. The van der Waals surface area contributed by atoms with Crippen LogP contribution in [-0.2, 0) is 20.9 Å². The van der Waals surface area contributed by atoms with E-state index in [0.717, 1.165) is 41.7 Å². The lowest BCUT2D eigenvalue weighted by atomic mass is 10.0. The third-order valence-corrected chi connectivity index (χ3v) is 9.23. The molecule has 2 N–H and O–H groups in total. The van der Waals surface area contributed by atoms with Gasteiger partial charge in [0.15, 0.2) is 5.65 Å². The molecule has 0 radical (unpaired) electrons. The normalized spacial score (nSPS) is 20.7. The van der Waals surface area contributed by atoms with Crippen molar-refractivity contribution in [2.45, 2.75) is 83.7 Å². The van der Waals surface area contributed by atoms with E-state index in [9.17, 15) is 14.7 Å². The first-order chi connectivity index (χ1) is 23.0. The summed E-state index contributed by atoms with van der Waals surface area (Å²) in [5.41, 5.74) is 2.21. The molecule has 6 rings (SSSR count). The average Bonchev–Trinajstić information content (AvgIpc) is 3.57. The number of ether oxygens (including phenoxy) is 3. The van der Waals surface area contributed by atoms with Crippen molar-refractivity contribution < 1.29 is 28.9 Å². The molecule has 0 bridgehead atoms. The third-order valence-electron chi connectivity index (χ3n) is 9.23. The second-order valence-corrected chi connectivity index (χ2v) is 13.8. The van der Waals surface area contributed by atoms with Crippen LogP contribution in [-0.4, -0.2) is 112 Å². The molecule has 258 valence electrons. The fraction of sp³-hybridized carbons (Fsp3) is 0.571. The highest BCUT2D eigenvalue weighted by Gasteiger charge is 2.39. The standard InChI is InChI=1S/C35H47N7O6/c1-22-21-47-18-17-41(22)31-26-9-10-27(23-8-11-29(46-5)24(19-23)20-43)37-30(26)38-33(39-31)36-25-12-15-40(16-13-25)32(44)28-7-6-14-42(28)34(45)48-35(2,3)4/h8-11,19,22,25,28,43H,6-7,12-18,20-21H2,1-5H3,(H,36,37,38,39). The van der Waals surface area contributed by atoms with Crippen LogP contribution in [0.4, 0.5) is 16.6 Å². The number of nitrogens with one attached hydrogen (secondary N) is 1. The number of carbonyl (C=O) groups excluding carboxylic acids is 2. The van der Waals surface area contributed by atoms with Crippen molar-refractivity contribution in [3.63, 3.8) is 0 Å². The maximum Gasteiger partial charge on any atom is 0.410 e. The van der Waals surface area contributed by atoms with Gasteiger partial charge in [-0.05, 0) is 83.7 Å². The van der Waals surface area contributed by atoms with Gasteiger partial charge in [-0.25, -0.2) is 9.78 Å². The van der Waals surface area contributed by atoms with E-state index in [1.54, 1.807) is 12.0 Å². The van der Waals surface area contributed by atoms with Gasteiger partial charge in [0.25, 0.3) is 0 Å². The Morgan fingerprint density at radius 2 is 1.83 bits per heavy atom. The average molecular weight is 662 g/mol. The molecule has 2 amide bonds. The van der Waals surface area contributed by atoms with Gasteiger partial charge in [0.1, 0.15) is 23.2 Å². The number of carbonyl (C=O) groups is 2. The van der Waals surface area contributed by atoms with Gasteiger partial charge in [-0.15, -0.1) is 0 Å². The molecule has 1 aromatic carbocycles. The minimum Gasteiger partial charge on any atom is -0.496 e. The molecule has 2 aromatic heterocycles. The topological polar surface area (TPSA) is 142 Å². The van der Waals surface area contributed by atoms with Crippen LogP contribution in [0.5, 0.6) is 5.75 Å². The van der Waals surface area contributed by atoms with Crippen molar-refractivity contribution >= 4 is 34.8 Å². The van der Waals surface area contributed by atoms with Crippen LogP contribution >= 0.6 is 0 Å². The van der Waals surface area contributed by atoms with E-state index in [4.69, 9.17) is 29.2 Å². The smallest absolute Gasteiger partial charge is 0.410 e. The SMILES string of the molecule is COc1ccc(-c2ccc3c(N4CCOCC4C)nc(NC4CCN(C(=O)C5CCCN5C(=O)OC(C)(C)C)CC4)nc3n2)cc1CO. The minimum atomic E-state index is -0.613. The molecule has 3 saturated heterocycles. The summed E-state index contributed by atoms with van der Waals surface area (Å²) in [6.07, 6.45) is 2.45. The lowest BCUT2D eigenvalue weighted by Gasteiger charge is -2.36. The molecule has 0 saturated carbocycles. The van der Waals surface area contributed by atoms with Crippen molar-refractivity contribution in [3.8, 4) is 17.0 Å². The van der Waals surface area contributed by atoms with Gasteiger partial charge in [0.2, 0.25) is 11.9 Å². The second kappa shape index (κ2) is 14.1. The van der Waals surface area contributed by atoms with Crippen LogP contribution in [0.25, 0.3) is 22.3 Å². The number of nitrogens with zero attached hydrogens (tertiary/aromatic N) is 6. The number of rotatable bonds is 7. The lowest BCUT2D eigenvalue weighted by Crippen LogP contribution is -2.52. The summed E-state index contributed by atoms with van der Waals surface area (Å²) >= 11 is 0. The molecule has 48 heavy (non-hydrogen) atoms. The number of aliphatic hydroxyl groups excluding tert-OH is 1. The number of likely N-dealkylation sites (tertiary alicyclic amines) is 2. The molecular formula is C35H47N7O6. The van der Waals surface area contributed by atoms with Gasteiger partial charge in [0.05, 0.1) is 44.1 Å². The van der Waals surface area contributed by atoms with Crippen LogP contribution in [0.2, 0.25) is 0 Å². The van der Waals surface area contributed by atoms with E-state index in [0.29, 0.717) is 68.7 Å². The lowest BCUT2D eigenvalue weighted by molar-refractivity contribution is -0.136. The number of benzene rings is 1. The Labute approximate surface area is 281 Å². The zero-order valence-electron chi connectivity index (χ0n) is 28.6. The highest BCUT2D eigenvalue weighted by molar-refractivity contribution is 5.90. The van der Waals surface area contributed by atoms with E-state index in [1.807, 2.05) is 56.0 Å². The Hall–Kier alpha value is -4.23. The van der Waals surface area contributed by atoms with Crippen molar-refractivity contribution in [1.82, 2.24) is 24.8 Å². The number of hydrogen-bond acceptors (Lipinski definition) is 11. The van der Waals surface area contributed by atoms with E-state index in [1.165, 1.54) is 0 Å². The highest BCUT2D eigenvalue weighted by atomic mass is 16.6. The fourth-order valence-corrected chi connectivity index (χ4v) is 6.74. The zero-order chi connectivity index (χ0) is 34.0. The first-order valence-electron chi connectivity index (χ1n) is 16.9. The van der Waals surface area contributed by atoms with Crippen molar-refractivity contribution in [2.24, 2.45) is 0 Å². The Morgan fingerprint density at radius 1 is 1.04 bits per heavy atom. The number of fused-ring (bicyclic) bond motifs is 1. The van der Waals surface area contributed by atoms with E-state index in [2.05, 4.69) is 17.1 Å². The van der Waals surface area contributed by atoms with Gasteiger partial charge in [-0.3, -0.25) is 9.69 Å². The molecule has 2 atom stereocenters. The molecular weight excluding hydrogens is 614 g/mol. The molecule has 0 spiro atoms. The summed E-state index contributed by atoms with van der Waals surface area (Å²) in [5.74, 6) is 1.90. The number of anilines is 2. The molecule has 3 aliphatic heterocycles. The van der Waals surface area contributed by atoms with Crippen molar-refractivity contribution in [1.29, 1.82) is 0 Å². The summed E-state index contributed by atoms with van der Waals surface area (Å²) < 4.78 is 16.7. The van der Waals surface area contributed by atoms with E-state index in [-0.39, 0.29) is 24.6 Å². The number of methoxy groups -OCH3 is 1. The molecule has 3 fully saturated rings. The van der Waals surface area contributed by atoms with Gasteiger partial charge >= 0.3 is 6.09 Å². The van der Waals surface area contributed by atoms with Gasteiger partial charge < -0.3 is 34.4 Å². The molecule has 2 unspecified atom stereocenters. The summed E-state index contributed by atoms with van der Waals surface area (Å²) in [7, 11) is 1.58. The van der Waals surface area contributed by atoms with Crippen LogP contribution in [0.1, 0.15) is 58.9 Å². The Balaban J connectivity index is 1.21. The number of amides is 2. The van der Waals surface area contributed by atoms with Crippen molar-refractivity contribution in [3.05, 3.63) is 35.9 Å². The quantitative estimate of drug-likeness (QED) is 0.376. The summed E-state index contributed by atoms with van der Waals surface area (Å²) in [4.78, 5) is 46.9. The van der Waals surface area contributed by atoms with E-state index < -0.39 is 17.7 Å². The van der Waals surface area contributed by atoms with Crippen molar-refractivity contribution in [2.75, 3.05) is 56.7 Å². The summed E-state index contributed by atoms with van der Waals surface area (Å²) in [6.45, 7) is 11.1. The predicted molar refractivity (Wildman–Crippen MR) is 182 cm³/mol. The minimum absolute atomic E-state index is 0.0121. The maximum atomic E-state index is 13.6. The van der Waals surface area contributed by atoms with Crippen LogP contribution in [0.3, 0.4) is 0 Å². The molecule has 13 heteroatoms. The Morgan fingerprint density at radius 3 is 2.54 bits per heavy atom. The molecule has 0 aliphatic carbocycles. The van der Waals surface area contributed by atoms with E-state index >= 15 is 0 Å². The Kier molecular flexibility index (Phi) is 9.88. The maximum absolute atomic E-state index is 13.6. The first kappa shape index (κ1) is 33.7. The van der Waals surface area contributed by atoms with Crippen LogP contribution in [0, 0.1) is 0 Å². The Bertz CT molecular complexity index is 1640. The largest absolute Gasteiger partial charge is 0.496 e. The third kappa shape index (κ3) is 7.26. The fourth-order valence-electron chi connectivity index (χ4n) is 6.74. The molecule has 13 nitrogen and oxygen atoms in total. The summed E-state index contributed by atoms with van der Waals surface area (Å²) in [5, 5.41) is 14.3. The van der Waals surface area contributed by atoms with Gasteiger partial charge in [0, 0.05) is 43.3 Å². The van der Waals surface area contributed by atoms with Gasteiger partial charge in [-0.2, -0.15) is 9.97 Å².